The third-order valence-electron chi connectivity index (χ3n) is 3.75. The first kappa shape index (κ1) is 20.1. The molecule has 28 heavy (non-hydrogen) atoms. The van der Waals surface area contributed by atoms with Gasteiger partial charge in [0.05, 0.1) is 4.90 Å². The van der Waals surface area contributed by atoms with Gasteiger partial charge in [0.15, 0.2) is 0 Å². The average molecular weight is 436 g/mol. The van der Waals surface area contributed by atoms with Crippen LogP contribution in [0.15, 0.2) is 65.6 Å². The number of aryl methyl sites for hydroxylation is 1. The molecule has 0 spiro atoms. The molecular formula is C19H15Cl2N3O3S. The van der Waals surface area contributed by atoms with Crippen LogP contribution < -0.4 is 10.0 Å². The number of amides is 1. The molecule has 0 saturated carbocycles. The topological polar surface area (TPSA) is 88.2 Å². The van der Waals surface area contributed by atoms with Gasteiger partial charge < -0.3 is 5.32 Å². The van der Waals surface area contributed by atoms with E-state index in [9.17, 15) is 13.2 Å². The Balaban J connectivity index is 1.71. The first-order chi connectivity index (χ1) is 13.2. The molecule has 0 unspecified atom stereocenters. The van der Waals surface area contributed by atoms with Gasteiger partial charge in [0.1, 0.15) is 10.3 Å². The monoisotopic (exact) mass is 435 g/mol. The fourth-order valence-corrected chi connectivity index (χ4v) is 3.87. The molecule has 0 atom stereocenters. The zero-order chi connectivity index (χ0) is 20.3. The van der Waals surface area contributed by atoms with Crippen molar-refractivity contribution in [3.05, 3.63) is 82.1 Å². The Hall–Kier alpha value is -2.61. The highest BCUT2D eigenvalue weighted by Gasteiger charge is 2.14. The molecule has 2 N–H and O–H groups in total. The minimum Gasteiger partial charge on any atom is -0.322 e. The Morgan fingerprint density at radius 1 is 0.893 bits per heavy atom. The number of aromatic nitrogens is 1. The lowest BCUT2D eigenvalue weighted by molar-refractivity contribution is 0.102. The van der Waals surface area contributed by atoms with E-state index in [4.69, 9.17) is 23.2 Å². The van der Waals surface area contributed by atoms with E-state index in [0.29, 0.717) is 11.4 Å². The molecular weight excluding hydrogens is 421 g/mol. The predicted molar refractivity (Wildman–Crippen MR) is 111 cm³/mol. The number of carbonyl (C=O) groups excluding carboxylic acids is 1. The lowest BCUT2D eigenvalue weighted by Gasteiger charge is -2.10. The number of hydrogen-bond acceptors (Lipinski definition) is 4. The van der Waals surface area contributed by atoms with Crippen LogP contribution in [0.2, 0.25) is 10.3 Å². The summed E-state index contributed by atoms with van der Waals surface area (Å²) in [6.07, 6.45) is 0. The first-order valence-corrected chi connectivity index (χ1v) is 10.3. The minimum absolute atomic E-state index is 0.110. The summed E-state index contributed by atoms with van der Waals surface area (Å²) >= 11 is 11.6. The Bertz CT molecular complexity index is 1100. The van der Waals surface area contributed by atoms with Crippen LogP contribution in [0.3, 0.4) is 0 Å². The zero-order valence-corrected chi connectivity index (χ0v) is 16.9. The summed E-state index contributed by atoms with van der Waals surface area (Å²) in [4.78, 5) is 16.2. The average Bonchev–Trinajstić information content (AvgIpc) is 2.62. The Kier molecular flexibility index (Phi) is 5.88. The molecule has 0 aliphatic heterocycles. The molecule has 0 aliphatic rings. The summed E-state index contributed by atoms with van der Waals surface area (Å²) in [5, 5.41) is 2.90. The Morgan fingerprint density at radius 3 is 2.00 bits per heavy atom. The van der Waals surface area contributed by atoms with E-state index >= 15 is 0 Å². The maximum Gasteiger partial charge on any atom is 0.261 e. The van der Waals surface area contributed by atoms with Crippen molar-refractivity contribution in [1.82, 2.24) is 4.98 Å². The fourth-order valence-electron chi connectivity index (χ4n) is 2.35. The van der Waals surface area contributed by atoms with E-state index in [1.54, 1.807) is 36.4 Å². The van der Waals surface area contributed by atoms with Gasteiger partial charge in [-0.1, -0.05) is 40.9 Å². The number of hydrogen-bond donors (Lipinski definition) is 2. The third kappa shape index (κ3) is 5.01. The van der Waals surface area contributed by atoms with Crippen molar-refractivity contribution in [2.75, 3.05) is 10.0 Å². The molecule has 0 saturated heterocycles. The standard InChI is InChI=1S/C19H15Cl2N3O3S/c1-12-2-8-16(9-3-12)28(26,27)24-15-6-4-14(5-7-15)22-19(25)13-10-17(20)23-18(21)11-13/h2-11,24H,1H3,(H,22,25). The first-order valence-electron chi connectivity index (χ1n) is 8.07. The number of benzene rings is 2. The SMILES string of the molecule is Cc1ccc(S(=O)(=O)Nc2ccc(NC(=O)c3cc(Cl)nc(Cl)c3)cc2)cc1. The summed E-state index contributed by atoms with van der Waals surface area (Å²) < 4.78 is 27.3. The van der Waals surface area contributed by atoms with Gasteiger partial charge in [-0.25, -0.2) is 13.4 Å². The lowest BCUT2D eigenvalue weighted by Crippen LogP contribution is -2.14. The van der Waals surface area contributed by atoms with Crippen LogP contribution in [0.5, 0.6) is 0 Å². The maximum absolute atomic E-state index is 12.4. The molecule has 0 radical (unpaired) electrons. The second kappa shape index (κ2) is 8.18. The van der Waals surface area contributed by atoms with Gasteiger partial charge in [-0.2, -0.15) is 0 Å². The number of sulfonamides is 1. The van der Waals surface area contributed by atoms with Crippen molar-refractivity contribution in [1.29, 1.82) is 0 Å². The van der Waals surface area contributed by atoms with Crippen molar-refractivity contribution in [2.45, 2.75) is 11.8 Å². The highest BCUT2D eigenvalue weighted by Crippen LogP contribution is 2.20. The number of nitrogens with zero attached hydrogens (tertiary/aromatic N) is 1. The molecule has 1 amide bonds. The Labute approximate surface area is 172 Å². The fraction of sp³-hybridized carbons (Fsp3) is 0.0526. The largest absolute Gasteiger partial charge is 0.322 e. The summed E-state index contributed by atoms with van der Waals surface area (Å²) in [6.45, 7) is 1.88. The van der Waals surface area contributed by atoms with Gasteiger partial charge in [0, 0.05) is 16.9 Å². The lowest BCUT2D eigenvalue weighted by atomic mass is 10.2. The number of nitrogens with one attached hydrogen (secondary N) is 2. The van der Waals surface area contributed by atoms with Crippen LogP contribution in [-0.2, 0) is 10.0 Å². The van der Waals surface area contributed by atoms with Gasteiger partial charge in [0.2, 0.25) is 0 Å². The molecule has 3 aromatic rings. The van der Waals surface area contributed by atoms with Crippen LogP contribution in [0.25, 0.3) is 0 Å². The quantitative estimate of drug-likeness (QED) is 0.565. The number of anilines is 2. The van der Waals surface area contributed by atoms with Crippen LogP contribution in [-0.4, -0.2) is 19.3 Å². The van der Waals surface area contributed by atoms with Crippen molar-refractivity contribution in [2.24, 2.45) is 0 Å². The summed E-state index contributed by atoms with van der Waals surface area (Å²) in [5.41, 5.74) is 2.07. The van der Waals surface area contributed by atoms with Gasteiger partial charge in [-0.15, -0.1) is 0 Å². The van der Waals surface area contributed by atoms with Gasteiger partial charge in [-0.3, -0.25) is 9.52 Å². The summed E-state index contributed by atoms with van der Waals surface area (Å²) in [6, 6.07) is 15.6. The van der Waals surface area contributed by atoms with Crippen molar-refractivity contribution < 1.29 is 13.2 Å². The molecule has 0 bridgehead atoms. The molecule has 3 rings (SSSR count). The number of rotatable bonds is 5. The number of halogens is 2. The smallest absolute Gasteiger partial charge is 0.261 e. The zero-order valence-electron chi connectivity index (χ0n) is 14.6. The molecule has 6 nitrogen and oxygen atoms in total. The van der Waals surface area contributed by atoms with Crippen molar-refractivity contribution >= 4 is 50.5 Å². The summed E-state index contributed by atoms with van der Waals surface area (Å²) in [5.74, 6) is -0.417. The normalized spacial score (nSPS) is 11.1. The second-order valence-corrected chi connectivity index (χ2v) is 8.41. The third-order valence-corrected chi connectivity index (χ3v) is 5.54. The van der Waals surface area contributed by atoms with Crippen LogP contribution >= 0.6 is 23.2 Å². The number of carbonyl (C=O) groups is 1. The molecule has 1 aromatic heterocycles. The van der Waals surface area contributed by atoms with Gasteiger partial charge in [-0.05, 0) is 55.5 Å². The summed E-state index contributed by atoms with van der Waals surface area (Å²) in [7, 11) is -3.69. The minimum atomic E-state index is -3.69. The van der Waals surface area contributed by atoms with E-state index in [0.717, 1.165) is 5.56 Å². The maximum atomic E-state index is 12.4. The van der Waals surface area contributed by atoms with E-state index in [1.807, 2.05) is 6.92 Å². The molecule has 0 fully saturated rings. The van der Waals surface area contributed by atoms with Crippen molar-refractivity contribution in [3.63, 3.8) is 0 Å². The van der Waals surface area contributed by atoms with E-state index in [2.05, 4.69) is 15.0 Å². The van der Waals surface area contributed by atoms with Crippen LogP contribution in [0.1, 0.15) is 15.9 Å². The van der Waals surface area contributed by atoms with E-state index in [1.165, 1.54) is 24.3 Å². The van der Waals surface area contributed by atoms with Gasteiger partial charge >= 0.3 is 0 Å². The van der Waals surface area contributed by atoms with Gasteiger partial charge in [0.25, 0.3) is 15.9 Å². The highest BCUT2D eigenvalue weighted by atomic mass is 35.5. The highest BCUT2D eigenvalue weighted by molar-refractivity contribution is 7.92. The van der Waals surface area contributed by atoms with Crippen LogP contribution in [0.4, 0.5) is 11.4 Å². The molecule has 9 heteroatoms. The molecule has 144 valence electrons. The van der Waals surface area contributed by atoms with E-state index in [-0.39, 0.29) is 20.8 Å². The Morgan fingerprint density at radius 2 is 1.43 bits per heavy atom. The molecule has 0 aliphatic carbocycles. The van der Waals surface area contributed by atoms with E-state index < -0.39 is 15.9 Å². The van der Waals surface area contributed by atoms with Crippen molar-refractivity contribution in [3.8, 4) is 0 Å². The predicted octanol–water partition coefficient (Wildman–Crippen LogP) is 4.75. The molecule has 2 aromatic carbocycles. The van der Waals surface area contributed by atoms with Crippen LogP contribution in [0, 0.1) is 6.92 Å². The molecule has 1 heterocycles. The number of pyridine rings is 1. The second-order valence-electron chi connectivity index (χ2n) is 5.95.